The number of carboxylic acids is 1. The van der Waals surface area contributed by atoms with Crippen molar-refractivity contribution in [2.24, 2.45) is 0 Å². The number of benzene rings is 3. The summed E-state index contributed by atoms with van der Waals surface area (Å²) in [5, 5.41) is 10.3. The van der Waals surface area contributed by atoms with Crippen molar-refractivity contribution in [3.05, 3.63) is 95.0 Å². The Kier molecular flexibility index (Phi) is 6.98. The van der Waals surface area contributed by atoms with Gasteiger partial charge in [-0.25, -0.2) is 4.79 Å². The molecule has 0 radical (unpaired) electrons. The van der Waals surface area contributed by atoms with Gasteiger partial charge in [-0.15, -0.1) is 0 Å². The van der Waals surface area contributed by atoms with Crippen molar-refractivity contribution in [3.8, 4) is 11.5 Å². The molecule has 4 aromatic rings. The van der Waals surface area contributed by atoms with Gasteiger partial charge < -0.3 is 19.1 Å². The second kappa shape index (κ2) is 10.5. The number of aromatic nitrogens is 1. The number of carbonyl (C=O) groups excluding carboxylic acids is 1. The smallest absolute Gasteiger partial charge is 0.335 e. The molecule has 1 N–H and O–H groups in total. The summed E-state index contributed by atoms with van der Waals surface area (Å²) in [6.45, 7) is 1.02. The van der Waals surface area contributed by atoms with Gasteiger partial charge >= 0.3 is 5.97 Å². The molecule has 0 bridgehead atoms. The molecule has 0 spiro atoms. The molecule has 1 aliphatic rings. The summed E-state index contributed by atoms with van der Waals surface area (Å²) in [5.41, 5.74) is 2.42. The van der Waals surface area contributed by atoms with Crippen LogP contribution in [0.4, 0.5) is 5.69 Å². The molecule has 0 atom stereocenters. The highest BCUT2D eigenvalue weighted by atomic mass is 32.2. The van der Waals surface area contributed by atoms with Crippen molar-refractivity contribution in [1.29, 1.82) is 0 Å². The van der Waals surface area contributed by atoms with Crippen LogP contribution in [0, 0.1) is 0 Å². The molecule has 1 fully saturated rings. The Balaban J connectivity index is 1.40. The third-order valence-electron chi connectivity index (χ3n) is 5.91. The monoisotopic (exact) mass is 530 g/mol. The van der Waals surface area contributed by atoms with E-state index in [4.69, 9.17) is 21.7 Å². The number of hydrogen-bond donors (Lipinski definition) is 1. The van der Waals surface area contributed by atoms with E-state index in [9.17, 15) is 14.7 Å². The van der Waals surface area contributed by atoms with Crippen LogP contribution in [0.1, 0.15) is 15.9 Å². The topological polar surface area (TPSA) is 81.0 Å². The summed E-state index contributed by atoms with van der Waals surface area (Å²) in [4.78, 5) is 26.5. The van der Waals surface area contributed by atoms with Crippen LogP contribution in [0.5, 0.6) is 11.5 Å². The van der Waals surface area contributed by atoms with Gasteiger partial charge in [-0.05, 0) is 42.5 Å². The SMILES string of the molecule is COc1ccccc1OCCn1cc(/C=C2\SC(=S)N(c3cccc(C(=O)O)c3)C2=O)c2ccccc21. The zero-order valence-corrected chi connectivity index (χ0v) is 21.4. The second-order valence-corrected chi connectivity index (χ2v) is 9.84. The molecule has 1 saturated heterocycles. The number of amides is 1. The number of anilines is 1. The number of rotatable bonds is 8. The number of nitrogens with zero attached hydrogens (tertiary/aromatic N) is 2. The first kappa shape index (κ1) is 24.6. The average molecular weight is 531 g/mol. The van der Waals surface area contributed by atoms with Gasteiger partial charge in [0.1, 0.15) is 6.61 Å². The lowest BCUT2D eigenvalue weighted by molar-refractivity contribution is -0.113. The molecular weight excluding hydrogens is 508 g/mol. The summed E-state index contributed by atoms with van der Waals surface area (Å²) < 4.78 is 13.8. The van der Waals surface area contributed by atoms with Crippen LogP contribution in [-0.2, 0) is 11.3 Å². The number of ether oxygens (including phenoxy) is 2. The van der Waals surface area contributed by atoms with Crippen molar-refractivity contribution >= 4 is 62.8 Å². The van der Waals surface area contributed by atoms with Crippen LogP contribution in [0.15, 0.2) is 83.9 Å². The molecule has 5 rings (SSSR count). The Bertz CT molecular complexity index is 1560. The van der Waals surface area contributed by atoms with Crippen LogP contribution >= 0.6 is 24.0 Å². The first-order valence-electron chi connectivity index (χ1n) is 11.4. The number of thiocarbonyl (C=S) groups is 1. The molecule has 0 saturated carbocycles. The van der Waals surface area contributed by atoms with Gasteiger partial charge in [-0.1, -0.05) is 60.4 Å². The number of fused-ring (bicyclic) bond motifs is 1. The Labute approximate surface area is 222 Å². The van der Waals surface area contributed by atoms with Crippen molar-refractivity contribution < 1.29 is 24.2 Å². The second-order valence-electron chi connectivity index (χ2n) is 8.17. The van der Waals surface area contributed by atoms with E-state index in [0.717, 1.165) is 16.5 Å². The van der Waals surface area contributed by atoms with E-state index in [-0.39, 0.29) is 11.5 Å². The van der Waals surface area contributed by atoms with Crippen LogP contribution in [0.25, 0.3) is 17.0 Å². The van der Waals surface area contributed by atoms with Gasteiger partial charge in [-0.2, -0.15) is 0 Å². The van der Waals surface area contributed by atoms with Gasteiger partial charge in [0.15, 0.2) is 15.8 Å². The van der Waals surface area contributed by atoms with E-state index in [1.807, 2.05) is 60.8 Å². The van der Waals surface area contributed by atoms with E-state index >= 15 is 0 Å². The fourth-order valence-electron chi connectivity index (χ4n) is 4.18. The van der Waals surface area contributed by atoms with Crippen molar-refractivity contribution in [3.63, 3.8) is 0 Å². The standard InChI is InChI=1S/C28H22N2O5S2/c1-34-23-11-4-5-12-24(23)35-14-13-29-17-19(21-9-2-3-10-22(21)29)16-25-26(31)30(28(36)37-25)20-8-6-7-18(15-20)27(32)33/h2-12,15-17H,13-14H2,1H3,(H,32,33)/b25-16-. The molecule has 9 heteroatoms. The minimum Gasteiger partial charge on any atom is -0.493 e. The van der Waals surface area contributed by atoms with E-state index in [1.165, 1.54) is 28.8 Å². The molecule has 37 heavy (non-hydrogen) atoms. The molecular formula is C28H22N2O5S2. The summed E-state index contributed by atoms with van der Waals surface area (Å²) in [7, 11) is 1.61. The highest BCUT2D eigenvalue weighted by Gasteiger charge is 2.33. The molecule has 0 unspecified atom stereocenters. The Morgan fingerprint density at radius 1 is 1.05 bits per heavy atom. The number of methoxy groups -OCH3 is 1. The lowest BCUT2D eigenvalue weighted by Gasteiger charge is -2.14. The number of para-hydroxylation sites is 3. The highest BCUT2D eigenvalue weighted by Crippen LogP contribution is 2.37. The maximum Gasteiger partial charge on any atom is 0.335 e. The number of thioether (sulfide) groups is 1. The average Bonchev–Trinajstić information content (AvgIpc) is 3.40. The van der Waals surface area contributed by atoms with Crippen LogP contribution in [0.3, 0.4) is 0 Å². The van der Waals surface area contributed by atoms with E-state index in [2.05, 4.69) is 4.57 Å². The molecule has 1 amide bonds. The molecule has 7 nitrogen and oxygen atoms in total. The van der Waals surface area contributed by atoms with Crippen molar-refractivity contribution in [2.75, 3.05) is 18.6 Å². The van der Waals surface area contributed by atoms with Crippen molar-refractivity contribution in [1.82, 2.24) is 4.57 Å². The molecule has 186 valence electrons. The van der Waals surface area contributed by atoms with Crippen LogP contribution in [0.2, 0.25) is 0 Å². The van der Waals surface area contributed by atoms with Gasteiger partial charge in [0, 0.05) is 22.7 Å². The fraction of sp³-hybridized carbons (Fsp3) is 0.107. The number of carbonyl (C=O) groups is 2. The van der Waals surface area contributed by atoms with Crippen molar-refractivity contribution in [2.45, 2.75) is 6.54 Å². The molecule has 3 aromatic carbocycles. The lowest BCUT2D eigenvalue weighted by atomic mass is 10.1. The first-order chi connectivity index (χ1) is 18.0. The molecule has 1 aliphatic heterocycles. The predicted molar refractivity (Wildman–Crippen MR) is 149 cm³/mol. The maximum absolute atomic E-state index is 13.3. The Morgan fingerprint density at radius 2 is 1.81 bits per heavy atom. The third kappa shape index (κ3) is 4.96. The normalized spacial score (nSPS) is 14.5. The minimum absolute atomic E-state index is 0.0916. The van der Waals surface area contributed by atoms with E-state index in [1.54, 1.807) is 19.2 Å². The van der Waals surface area contributed by atoms with E-state index < -0.39 is 5.97 Å². The predicted octanol–water partition coefficient (Wildman–Crippen LogP) is 5.83. The van der Waals surface area contributed by atoms with Gasteiger partial charge in [0.25, 0.3) is 5.91 Å². The highest BCUT2D eigenvalue weighted by molar-refractivity contribution is 8.27. The first-order valence-corrected chi connectivity index (χ1v) is 12.6. The Morgan fingerprint density at radius 3 is 2.59 bits per heavy atom. The Hall–Kier alpha value is -4.08. The molecule has 2 heterocycles. The largest absolute Gasteiger partial charge is 0.493 e. The molecule has 0 aliphatic carbocycles. The lowest BCUT2D eigenvalue weighted by Crippen LogP contribution is -2.27. The summed E-state index contributed by atoms with van der Waals surface area (Å²) >= 11 is 6.67. The van der Waals surface area contributed by atoms with E-state index in [0.29, 0.717) is 39.6 Å². The summed E-state index contributed by atoms with van der Waals surface area (Å²) in [6, 6.07) is 21.7. The summed E-state index contributed by atoms with van der Waals surface area (Å²) in [6.07, 6.45) is 3.83. The van der Waals surface area contributed by atoms with Crippen LogP contribution in [-0.4, -0.2) is 39.6 Å². The zero-order chi connectivity index (χ0) is 25.9. The van der Waals surface area contributed by atoms with Crippen LogP contribution < -0.4 is 14.4 Å². The summed E-state index contributed by atoms with van der Waals surface area (Å²) in [5.74, 6) is 0.00741. The number of aromatic carboxylic acids is 1. The van der Waals surface area contributed by atoms with Gasteiger partial charge in [0.2, 0.25) is 0 Å². The number of hydrogen-bond acceptors (Lipinski definition) is 6. The molecule has 1 aromatic heterocycles. The third-order valence-corrected chi connectivity index (χ3v) is 7.21. The van der Waals surface area contributed by atoms with Gasteiger partial charge in [0.05, 0.1) is 29.8 Å². The quantitative estimate of drug-likeness (QED) is 0.227. The van der Waals surface area contributed by atoms with Gasteiger partial charge in [-0.3, -0.25) is 9.69 Å². The number of carboxylic acid groups (broad SMARTS) is 1. The minimum atomic E-state index is -1.06. The fourth-order valence-corrected chi connectivity index (χ4v) is 5.47. The maximum atomic E-state index is 13.3. The zero-order valence-electron chi connectivity index (χ0n) is 19.8.